The molecule has 0 bridgehead atoms. The number of carbonyl (C=O) groups excluding carboxylic acids is 1. The number of aromatic nitrogens is 1. The van der Waals surface area contributed by atoms with Gasteiger partial charge in [-0.1, -0.05) is 12.1 Å². The molecule has 11 heteroatoms. The van der Waals surface area contributed by atoms with Crippen LogP contribution in [0.1, 0.15) is 22.8 Å². The number of carbonyl (C=O) groups is 1. The van der Waals surface area contributed by atoms with Crippen LogP contribution in [0.3, 0.4) is 0 Å². The second kappa shape index (κ2) is 10.0. The average Bonchev–Trinajstić information content (AvgIpc) is 3.25. The van der Waals surface area contributed by atoms with Gasteiger partial charge in [0.05, 0.1) is 27.3 Å². The first kappa shape index (κ1) is 24.0. The fraction of sp³-hybridized carbons (Fsp3) is 0.125. The largest absolute Gasteiger partial charge is 0.507 e. The molecule has 0 aliphatic carbocycles. The predicted molar refractivity (Wildman–Crippen MR) is 139 cm³/mol. The Bertz CT molecular complexity index is 1430. The monoisotopic (exact) mass is 508 g/mol. The summed E-state index contributed by atoms with van der Waals surface area (Å²) in [6.45, 7) is 3.71. The fourth-order valence-corrected chi connectivity index (χ4v) is 4.61. The van der Waals surface area contributed by atoms with E-state index in [0.29, 0.717) is 21.8 Å². The van der Waals surface area contributed by atoms with Gasteiger partial charge in [-0.2, -0.15) is 0 Å². The van der Waals surface area contributed by atoms with Crippen LogP contribution in [0.2, 0.25) is 0 Å². The minimum atomic E-state index is -0.615. The SMILES string of the molecule is CCOc1ccc(C(=O)NC(=S)Nc2cc(C)c(O)c(-c3nc4ccccc4s3)c2)cc1[N+](=O)[O-]. The molecule has 1 heterocycles. The van der Waals surface area contributed by atoms with Crippen LogP contribution < -0.4 is 15.4 Å². The summed E-state index contributed by atoms with van der Waals surface area (Å²) in [5.41, 5.74) is 2.24. The van der Waals surface area contributed by atoms with E-state index in [9.17, 15) is 20.0 Å². The quantitative estimate of drug-likeness (QED) is 0.137. The zero-order valence-electron chi connectivity index (χ0n) is 18.7. The third kappa shape index (κ3) is 5.20. The molecule has 0 aliphatic heterocycles. The first-order valence-corrected chi connectivity index (χ1v) is 11.7. The Hall–Kier alpha value is -4.09. The summed E-state index contributed by atoms with van der Waals surface area (Å²) < 4.78 is 6.24. The van der Waals surface area contributed by atoms with Crippen LogP contribution in [0.4, 0.5) is 11.4 Å². The number of thiocarbonyl (C=S) groups is 1. The number of hydrogen-bond donors (Lipinski definition) is 3. The van der Waals surface area contributed by atoms with Crippen molar-refractivity contribution in [3.63, 3.8) is 0 Å². The third-order valence-corrected chi connectivity index (χ3v) is 6.30. The number of thiazole rings is 1. The number of nitro benzene ring substituents is 1. The predicted octanol–water partition coefficient (Wildman–Crippen LogP) is 5.41. The first-order chi connectivity index (χ1) is 16.8. The Morgan fingerprint density at radius 1 is 1.23 bits per heavy atom. The molecular formula is C24H20N4O5S2. The molecule has 3 N–H and O–H groups in total. The molecular weight excluding hydrogens is 488 g/mol. The van der Waals surface area contributed by atoms with Crippen molar-refractivity contribution in [1.29, 1.82) is 0 Å². The number of para-hydroxylation sites is 1. The molecule has 0 aliphatic rings. The number of phenolic OH excluding ortho intramolecular Hbond substituents is 1. The van der Waals surface area contributed by atoms with Crippen molar-refractivity contribution in [3.05, 3.63) is 75.8 Å². The number of rotatable bonds is 6. The van der Waals surface area contributed by atoms with E-state index in [1.165, 1.54) is 23.5 Å². The van der Waals surface area contributed by atoms with Crippen LogP contribution in [0, 0.1) is 17.0 Å². The molecule has 0 saturated carbocycles. The van der Waals surface area contributed by atoms with E-state index >= 15 is 0 Å². The Labute approximate surface area is 209 Å². The van der Waals surface area contributed by atoms with Gasteiger partial charge >= 0.3 is 5.69 Å². The van der Waals surface area contributed by atoms with Gasteiger partial charge in [-0.3, -0.25) is 20.2 Å². The molecule has 3 aromatic carbocycles. The number of aromatic hydroxyl groups is 1. The third-order valence-electron chi connectivity index (χ3n) is 5.03. The molecule has 0 spiro atoms. The highest BCUT2D eigenvalue weighted by atomic mass is 32.1. The number of nitrogens with one attached hydrogen (secondary N) is 2. The van der Waals surface area contributed by atoms with E-state index < -0.39 is 10.8 Å². The lowest BCUT2D eigenvalue weighted by atomic mass is 10.1. The summed E-state index contributed by atoms with van der Waals surface area (Å²) in [6, 6.07) is 15.0. The Balaban J connectivity index is 1.54. The minimum Gasteiger partial charge on any atom is -0.507 e. The number of benzene rings is 3. The maximum Gasteiger partial charge on any atom is 0.311 e. The van der Waals surface area contributed by atoms with Crippen molar-refractivity contribution < 1.29 is 19.6 Å². The van der Waals surface area contributed by atoms with Gasteiger partial charge in [-0.15, -0.1) is 11.3 Å². The summed E-state index contributed by atoms with van der Waals surface area (Å²) in [6.07, 6.45) is 0. The number of aryl methyl sites for hydroxylation is 1. The molecule has 0 atom stereocenters. The summed E-state index contributed by atoms with van der Waals surface area (Å²) in [5, 5.41) is 28.1. The Morgan fingerprint density at radius 2 is 2.00 bits per heavy atom. The van der Waals surface area contributed by atoms with Gasteiger partial charge in [-0.25, -0.2) is 4.98 Å². The van der Waals surface area contributed by atoms with Gasteiger partial charge in [0.15, 0.2) is 10.9 Å². The van der Waals surface area contributed by atoms with Crippen LogP contribution in [0.15, 0.2) is 54.6 Å². The highest BCUT2D eigenvalue weighted by Crippen LogP contribution is 2.38. The van der Waals surface area contributed by atoms with Gasteiger partial charge in [0, 0.05) is 17.3 Å². The maximum atomic E-state index is 12.6. The normalized spacial score (nSPS) is 10.7. The molecule has 35 heavy (non-hydrogen) atoms. The van der Waals surface area contributed by atoms with Crippen molar-refractivity contribution in [2.24, 2.45) is 0 Å². The molecule has 4 rings (SSSR count). The lowest BCUT2D eigenvalue weighted by molar-refractivity contribution is -0.385. The number of anilines is 1. The first-order valence-electron chi connectivity index (χ1n) is 10.5. The molecule has 0 unspecified atom stereocenters. The molecule has 178 valence electrons. The second-order valence-corrected chi connectivity index (χ2v) is 8.90. The van der Waals surface area contributed by atoms with Crippen molar-refractivity contribution in [3.8, 4) is 22.1 Å². The molecule has 9 nitrogen and oxygen atoms in total. The van der Waals surface area contributed by atoms with Crippen molar-refractivity contribution in [2.75, 3.05) is 11.9 Å². The lowest BCUT2D eigenvalue weighted by Gasteiger charge is -2.13. The minimum absolute atomic E-state index is 0.00752. The van der Waals surface area contributed by atoms with Gasteiger partial charge in [-0.05, 0) is 68.0 Å². The zero-order chi connectivity index (χ0) is 25.1. The number of nitrogens with zero attached hydrogens (tertiary/aromatic N) is 2. The fourth-order valence-electron chi connectivity index (χ4n) is 3.42. The van der Waals surface area contributed by atoms with Crippen molar-refractivity contribution in [1.82, 2.24) is 10.3 Å². The molecule has 0 radical (unpaired) electrons. The molecule has 1 amide bonds. The van der Waals surface area contributed by atoms with Crippen LogP contribution in [-0.4, -0.2) is 32.6 Å². The molecule has 1 aromatic heterocycles. The standard InChI is InChI=1S/C24H20N4O5S2/c1-3-33-19-9-8-14(11-18(19)28(31)32)22(30)27-24(34)25-15-10-13(2)21(29)16(12-15)23-26-17-6-4-5-7-20(17)35-23/h4-12,29H,3H2,1-2H3,(H2,25,27,30,34). The van der Waals surface area contributed by atoms with E-state index in [4.69, 9.17) is 17.0 Å². The number of hydrogen-bond acceptors (Lipinski definition) is 8. The number of nitro groups is 1. The topological polar surface area (TPSA) is 127 Å². The number of fused-ring (bicyclic) bond motifs is 1. The summed E-state index contributed by atoms with van der Waals surface area (Å²) in [4.78, 5) is 28.0. The zero-order valence-corrected chi connectivity index (χ0v) is 20.3. The lowest BCUT2D eigenvalue weighted by Crippen LogP contribution is -2.34. The van der Waals surface area contributed by atoms with E-state index in [1.54, 1.807) is 26.0 Å². The summed E-state index contributed by atoms with van der Waals surface area (Å²) in [5.74, 6) is -0.432. The highest BCUT2D eigenvalue weighted by molar-refractivity contribution is 7.80. The average molecular weight is 509 g/mol. The van der Waals surface area contributed by atoms with E-state index in [-0.39, 0.29) is 34.5 Å². The van der Waals surface area contributed by atoms with Crippen LogP contribution in [-0.2, 0) is 0 Å². The summed E-state index contributed by atoms with van der Waals surface area (Å²) >= 11 is 6.73. The number of phenols is 1. The van der Waals surface area contributed by atoms with Gasteiger partial charge < -0.3 is 15.2 Å². The molecule has 0 saturated heterocycles. The van der Waals surface area contributed by atoms with Gasteiger partial charge in [0.1, 0.15) is 10.8 Å². The van der Waals surface area contributed by atoms with Crippen LogP contribution in [0.25, 0.3) is 20.8 Å². The van der Waals surface area contributed by atoms with Crippen LogP contribution >= 0.6 is 23.6 Å². The van der Waals surface area contributed by atoms with Crippen molar-refractivity contribution in [2.45, 2.75) is 13.8 Å². The van der Waals surface area contributed by atoms with Gasteiger partial charge in [0.25, 0.3) is 5.91 Å². The van der Waals surface area contributed by atoms with Gasteiger partial charge in [0.2, 0.25) is 0 Å². The number of ether oxygens (including phenoxy) is 1. The molecule has 0 fully saturated rings. The Kier molecular flexibility index (Phi) is 6.90. The summed E-state index contributed by atoms with van der Waals surface area (Å²) in [7, 11) is 0. The smallest absolute Gasteiger partial charge is 0.311 e. The van der Waals surface area contributed by atoms with E-state index in [2.05, 4.69) is 15.6 Å². The van der Waals surface area contributed by atoms with Crippen LogP contribution in [0.5, 0.6) is 11.5 Å². The molecule has 4 aromatic rings. The second-order valence-electron chi connectivity index (χ2n) is 7.46. The van der Waals surface area contributed by atoms with E-state index in [1.807, 2.05) is 24.3 Å². The highest BCUT2D eigenvalue weighted by Gasteiger charge is 2.20. The van der Waals surface area contributed by atoms with E-state index in [0.717, 1.165) is 16.3 Å². The number of amides is 1. The maximum absolute atomic E-state index is 12.6. The van der Waals surface area contributed by atoms with Crippen molar-refractivity contribution >= 4 is 56.2 Å². The Morgan fingerprint density at radius 3 is 2.71 bits per heavy atom.